The third-order valence-corrected chi connectivity index (χ3v) is 4.86. The maximum Gasteiger partial charge on any atom is 0.335 e. The summed E-state index contributed by atoms with van der Waals surface area (Å²) in [5.41, 5.74) is 6.19. The Morgan fingerprint density at radius 3 is 2.48 bits per heavy atom. The van der Waals surface area contributed by atoms with Gasteiger partial charge in [0.2, 0.25) is 11.8 Å². The summed E-state index contributed by atoms with van der Waals surface area (Å²) in [5, 5.41) is 12.1. The van der Waals surface area contributed by atoms with Crippen molar-refractivity contribution in [1.82, 2.24) is 5.32 Å². The molecule has 0 aromatic heterocycles. The molecule has 4 N–H and O–H groups in total. The highest BCUT2D eigenvalue weighted by atomic mass is 16.4. The molecule has 1 aromatic rings. The van der Waals surface area contributed by atoms with E-state index in [2.05, 4.69) is 5.32 Å². The largest absolute Gasteiger partial charge is 0.478 e. The molecule has 1 unspecified atom stereocenters. The van der Waals surface area contributed by atoms with Gasteiger partial charge in [0.15, 0.2) is 0 Å². The molecule has 0 heterocycles. The average molecular weight is 346 g/mol. The van der Waals surface area contributed by atoms with E-state index in [9.17, 15) is 19.5 Å². The van der Waals surface area contributed by atoms with Gasteiger partial charge >= 0.3 is 5.97 Å². The van der Waals surface area contributed by atoms with Gasteiger partial charge in [-0.05, 0) is 36.8 Å². The van der Waals surface area contributed by atoms with Crippen LogP contribution in [0.4, 0.5) is 0 Å². The van der Waals surface area contributed by atoms with Crippen LogP contribution in [-0.4, -0.2) is 28.9 Å². The zero-order chi connectivity index (χ0) is 18.2. The predicted octanol–water partition coefficient (Wildman–Crippen LogP) is 2.26. The number of benzene rings is 1. The van der Waals surface area contributed by atoms with Crippen molar-refractivity contribution < 1.29 is 19.5 Å². The summed E-state index contributed by atoms with van der Waals surface area (Å²) >= 11 is 0. The topological polar surface area (TPSA) is 109 Å². The van der Waals surface area contributed by atoms with Gasteiger partial charge < -0.3 is 16.2 Å². The molecule has 6 heteroatoms. The SMILES string of the molecule is NC(=O)CC(NC(=O)CCc1ccccc1C(=O)O)C1CCCCC1. The number of primary amides is 1. The Morgan fingerprint density at radius 2 is 1.84 bits per heavy atom. The van der Waals surface area contributed by atoms with Gasteiger partial charge in [-0.1, -0.05) is 37.5 Å². The van der Waals surface area contributed by atoms with Gasteiger partial charge in [0.25, 0.3) is 0 Å². The smallest absolute Gasteiger partial charge is 0.335 e. The molecule has 1 saturated carbocycles. The van der Waals surface area contributed by atoms with Crippen LogP contribution < -0.4 is 11.1 Å². The zero-order valence-electron chi connectivity index (χ0n) is 14.4. The highest BCUT2D eigenvalue weighted by Crippen LogP contribution is 2.27. The molecule has 0 aliphatic heterocycles. The van der Waals surface area contributed by atoms with Crippen LogP contribution in [-0.2, 0) is 16.0 Å². The number of hydrogen-bond donors (Lipinski definition) is 3. The molecule has 1 aromatic carbocycles. The Hall–Kier alpha value is -2.37. The summed E-state index contributed by atoms with van der Waals surface area (Å²) in [6.07, 6.45) is 6.11. The van der Waals surface area contributed by atoms with Gasteiger partial charge in [-0.15, -0.1) is 0 Å². The standard InChI is InChI=1S/C19H26N2O4/c20-17(22)12-16(14-7-2-1-3-8-14)21-18(23)11-10-13-6-4-5-9-15(13)19(24)25/h4-6,9,14,16H,1-3,7-8,10-12H2,(H2,20,22)(H,21,23)(H,24,25). The molecular weight excluding hydrogens is 320 g/mol. The average Bonchev–Trinajstić information content (AvgIpc) is 2.60. The summed E-state index contributed by atoms with van der Waals surface area (Å²) in [5.74, 6) is -1.29. The van der Waals surface area contributed by atoms with Crippen LogP contribution in [0.25, 0.3) is 0 Å². The van der Waals surface area contributed by atoms with Crippen molar-refractivity contribution in [2.75, 3.05) is 0 Å². The normalized spacial score (nSPS) is 16.2. The molecule has 1 atom stereocenters. The summed E-state index contributed by atoms with van der Waals surface area (Å²) < 4.78 is 0. The second kappa shape index (κ2) is 9.20. The lowest BCUT2D eigenvalue weighted by Gasteiger charge is -2.30. The number of aryl methyl sites for hydroxylation is 1. The number of carbonyl (C=O) groups is 3. The number of rotatable bonds is 8. The molecular formula is C19H26N2O4. The fourth-order valence-corrected chi connectivity index (χ4v) is 3.56. The Morgan fingerprint density at radius 1 is 1.16 bits per heavy atom. The summed E-state index contributed by atoms with van der Waals surface area (Å²) in [4.78, 5) is 34.9. The molecule has 2 rings (SSSR count). The number of carboxylic acids is 1. The number of hydrogen-bond acceptors (Lipinski definition) is 3. The number of carbonyl (C=O) groups excluding carboxylic acids is 2. The van der Waals surface area contributed by atoms with E-state index < -0.39 is 11.9 Å². The first kappa shape index (κ1) is 19.0. The maximum atomic E-state index is 12.3. The second-order valence-electron chi connectivity index (χ2n) is 6.70. The molecule has 0 spiro atoms. The Bertz CT molecular complexity index is 624. The third kappa shape index (κ3) is 5.89. The van der Waals surface area contributed by atoms with Gasteiger partial charge in [-0.3, -0.25) is 9.59 Å². The van der Waals surface area contributed by atoms with Crippen molar-refractivity contribution in [1.29, 1.82) is 0 Å². The minimum absolute atomic E-state index is 0.155. The molecule has 1 aliphatic rings. The Labute approximate surface area is 147 Å². The first-order chi connectivity index (χ1) is 12.0. The molecule has 0 saturated heterocycles. The second-order valence-corrected chi connectivity index (χ2v) is 6.70. The van der Waals surface area contributed by atoms with Gasteiger partial charge in [0.05, 0.1) is 5.56 Å². The van der Waals surface area contributed by atoms with E-state index in [-0.39, 0.29) is 36.3 Å². The summed E-state index contributed by atoms with van der Waals surface area (Å²) in [7, 11) is 0. The predicted molar refractivity (Wildman–Crippen MR) is 94.0 cm³/mol. The van der Waals surface area contributed by atoms with Crippen LogP contribution in [0.2, 0.25) is 0 Å². The van der Waals surface area contributed by atoms with Crippen molar-refractivity contribution in [3.63, 3.8) is 0 Å². The quantitative estimate of drug-likeness (QED) is 0.670. The van der Waals surface area contributed by atoms with E-state index in [0.29, 0.717) is 12.0 Å². The maximum absolute atomic E-state index is 12.3. The lowest BCUT2D eigenvalue weighted by Crippen LogP contribution is -2.43. The van der Waals surface area contributed by atoms with E-state index in [4.69, 9.17) is 5.73 Å². The summed E-state index contributed by atoms with van der Waals surface area (Å²) in [6, 6.07) is 6.46. The molecule has 1 fully saturated rings. The first-order valence-corrected chi connectivity index (χ1v) is 8.86. The number of nitrogens with two attached hydrogens (primary N) is 1. The molecule has 1 aliphatic carbocycles. The minimum atomic E-state index is -0.996. The Balaban J connectivity index is 1.94. The number of aromatic carboxylic acids is 1. The van der Waals surface area contributed by atoms with Crippen LogP contribution in [0, 0.1) is 5.92 Å². The number of amides is 2. The van der Waals surface area contributed by atoms with Crippen molar-refractivity contribution in [3.8, 4) is 0 Å². The van der Waals surface area contributed by atoms with Gasteiger partial charge in [0.1, 0.15) is 0 Å². The van der Waals surface area contributed by atoms with Crippen LogP contribution in [0.1, 0.15) is 60.9 Å². The fourth-order valence-electron chi connectivity index (χ4n) is 3.56. The monoisotopic (exact) mass is 346 g/mol. The highest BCUT2D eigenvalue weighted by molar-refractivity contribution is 5.89. The van der Waals surface area contributed by atoms with Gasteiger partial charge in [0, 0.05) is 18.9 Å². The summed E-state index contributed by atoms with van der Waals surface area (Å²) in [6.45, 7) is 0. The lowest BCUT2D eigenvalue weighted by molar-refractivity contribution is -0.123. The van der Waals surface area contributed by atoms with Crippen molar-refractivity contribution in [2.24, 2.45) is 11.7 Å². The van der Waals surface area contributed by atoms with E-state index in [1.165, 1.54) is 12.5 Å². The Kier molecular flexibility index (Phi) is 6.98. The first-order valence-electron chi connectivity index (χ1n) is 8.86. The lowest BCUT2D eigenvalue weighted by atomic mass is 9.82. The van der Waals surface area contributed by atoms with E-state index >= 15 is 0 Å². The molecule has 136 valence electrons. The number of carboxylic acid groups (broad SMARTS) is 1. The molecule has 0 radical (unpaired) electrons. The third-order valence-electron chi connectivity index (χ3n) is 4.86. The van der Waals surface area contributed by atoms with Crippen molar-refractivity contribution in [2.45, 2.75) is 57.4 Å². The van der Waals surface area contributed by atoms with Crippen LogP contribution in [0.15, 0.2) is 24.3 Å². The van der Waals surface area contributed by atoms with E-state index in [0.717, 1.165) is 25.7 Å². The molecule has 25 heavy (non-hydrogen) atoms. The molecule has 6 nitrogen and oxygen atoms in total. The molecule has 2 amide bonds. The van der Waals surface area contributed by atoms with Crippen LogP contribution >= 0.6 is 0 Å². The fraction of sp³-hybridized carbons (Fsp3) is 0.526. The van der Waals surface area contributed by atoms with Crippen LogP contribution in [0.5, 0.6) is 0 Å². The van der Waals surface area contributed by atoms with E-state index in [1.807, 2.05) is 0 Å². The highest BCUT2D eigenvalue weighted by Gasteiger charge is 2.26. The van der Waals surface area contributed by atoms with E-state index in [1.54, 1.807) is 18.2 Å². The van der Waals surface area contributed by atoms with Crippen molar-refractivity contribution in [3.05, 3.63) is 35.4 Å². The van der Waals surface area contributed by atoms with Gasteiger partial charge in [-0.25, -0.2) is 4.79 Å². The number of nitrogens with one attached hydrogen (secondary N) is 1. The van der Waals surface area contributed by atoms with Crippen molar-refractivity contribution >= 4 is 17.8 Å². The minimum Gasteiger partial charge on any atom is -0.478 e. The van der Waals surface area contributed by atoms with Crippen LogP contribution in [0.3, 0.4) is 0 Å². The van der Waals surface area contributed by atoms with Gasteiger partial charge in [-0.2, -0.15) is 0 Å². The zero-order valence-corrected chi connectivity index (χ0v) is 14.4. The molecule has 0 bridgehead atoms.